The molecule has 0 saturated heterocycles. The van der Waals surface area contributed by atoms with Crippen molar-refractivity contribution >= 4 is 22.0 Å². The van der Waals surface area contributed by atoms with Crippen LogP contribution in [-0.2, 0) is 0 Å². The van der Waals surface area contributed by atoms with E-state index in [0.717, 1.165) is 59.2 Å². The zero-order chi connectivity index (χ0) is 21.6. The smallest absolute Gasteiger partial charge is 0.119 e. The van der Waals surface area contributed by atoms with Crippen LogP contribution in [0, 0.1) is 0 Å². The molecule has 1 aromatic heterocycles. The van der Waals surface area contributed by atoms with Gasteiger partial charge in [0.15, 0.2) is 0 Å². The lowest BCUT2D eigenvalue weighted by Gasteiger charge is -2.17. The number of ether oxygens (including phenoxy) is 1. The van der Waals surface area contributed by atoms with E-state index in [1.807, 2.05) is 30.5 Å². The lowest BCUT2D eigenvalue weighted by molar-refractivity contribution is 0.309. The van der Waals surface area contributed by atoms with E-state index in [0.29, 0.717) is 0 Å². The van der Waals surface area contributed by atoms with E-state index < -0.39 is 0 Å². The summed E-state index contributed by atoms with van der Waals surface area (Å²) in [4.78, 5) is 0. The van der Waals surface area contributed by atoms with Gasteiger partial charge in [-0.05, 0) is 77.1 Å². The maximum Gasteiger partial charge on any atom is 0.119 e. The van der Waals surface area contributed by atoms with Crippen LogP contribution in [0.3, 0.4) is 0 Å². The molecular formula is C27H28N2O2. The number of nitrogens with one attached hydrogen (secondary N) is 1. The Morgan fingerprint density at radius 1 is 0.903 bits per heavy atom. The van der Waals surface area contributed by atoms with Gasteiger partial charge in [-0.1, -0.05) is 50.6 Å². The number of nitrogens with zero attached hydrogens (tertiary/aromatic N) is 1. The van der Waals surface area contributed by atoms with Crippen LogP contribution in [-0.4, -0.2) is 21.9 Å². The summed E-state index contributed by atoms with van der Waals surface area (Å²) in [6.07, 6.45) is 4.90. The van der Waals surface area contributed by atoms with Crippen LogP contribution in [0.2, 0.25) is 0 Å². The molecule has 0 fully saturated rings. The highest BCUT2D eigenvalue weighted by Crippen LogP contribution is 2.36. The number of benzene rings is 3. The minimum Gasteiger partial charge on any atom is -0.508 e. The summed E-state index contributed by atoms with van der Waals surface area (Å²) in [6.45, 7) is 5.08. The first kappa shape index (κ1) is 20.7. The molecule has 0 amide bonds. The zero-order valence-corrected chi connectivity index (χ0v) is 18.1. The highest BCUT2D eigenvalue weighted by molar-refractivity contribution is 6.00. The Bertz CT molecular complexity index is 1170. The molecule has 0 atom stereocenters. The Kier molecular flexibility index (Phi) is 6.37. The predicted molar refractivity (Wildman–Crippen MR) is 127 cm³/mol. The standard InChI is InChI=1S/C27H28N2O2/c1-3-5-16-31-24-13-8-20(9-14-24)27(19-6-11-23(30)12-7-19)25(4-2)21-10-15-26-22(17-21)18-28-29-26/h6-15,17-18,30H,3-5,16H2,1-2H3,(H,28,29)/b27-25-. The summed E-state index contributed by atoms with van der Waals surface area (Å²) in [7, 11) is 0. The van der Waals surface area contributed by atoms with Crippen molar-refractivity contribution in [2.45, 2.75) is 33.1 Å². The molecule has 0 bridgehead atoms. The highest BCUT2D eigenvalue weighted by atomic mass is 16.5. The van der Waals surface area contributed by atoms with Gasteiger partial charge in [-0.3, -0.25) is 5.10 Å². The van der Waals surface area contributed by atoms with Crippen molar-refractivity contribution in [3.05, 3.63) is 89.6 Å². The van der Waals surface area contributed by atoms with E-state index in [-0.39, 0.29) is 5.75 Å². The molecule has 0 aliphatic carbocycles. The number of phenols is 1. The van der Waals surface area contributed by atoms with Crippen molar-refractivity contribution in [2.75, 3.05) is 6.61 Å². The Morgan fingerprint density at radius 3 is 2.26 bits per heavy atom. The van der Waals surface area contributed by atoms with Crippen LogP contribution in [0.15, 0.2) is 72.9 Å². The van der Waals surface area contributed by atoms with Gasteiger partial charge in [0.25, 0.3) is 0 Å². The van der Waals surface area contributed by atoms with Crippen LogP contribution in [0.4, 0.5) is 0 Å². The van der Waals surface area contributed by atoms with Crippen molar-refractivity contribution in [1.82, 2.24) is 10.2 Å². The molecule has 31 heavy (non-hydrogen) atoms. The fraction of sp³-hybridized carbons (Fsp3) is 0.222. The van der Waals surface area contributed by atoms with Gasteiger partial charge < -0.3 is 9.84 Å². The average molecular weight is 413 g/mol. The molecule has 0 unspecified atom stereocenters. The van der Waals surface area contributed by atoms with Gasteiger partial charge >= 0.3 is 0 Å². The third-order valence-corrected chi connectivity index (χ3v) is 5.51. The number of allylic oxidation sites excluding steroid dienone is 1. The van der Waals surface area contributed by atoms with Crippen molar-refractivity contribution in [2.24, 2.45) is 0 Å². The molecule has 4 heteroatoms. The van der Waals surface area contributed by atoms with Crippen LogP contribution >= 0.6 is 0 Å². The number of aromatic amines is 1. The topological polar surface area (TPSA) is 58.1 Å². The number of hydrogen-bond donors (Lipinski definition) is 2. The van der Waals surface area contributed by atoms with Gasteiger partial charge in [0.2, 0.25) is 0 Å². The zero-order valence-electron chi connectivity index (χ0n) is 18.1. The normalized spacial score (nSPS) is 12.1. The van der Waals surface area contributed by atoms with Crippen molar-refractivity contribution in [3.63, 3.8) is 0 Å². The first-order valence-electron chi connectivity index (χ1n) is 10.9. The molecule has 3 aromatic carbocycles. The van der Waals surface area contributed by atoms with E-state index in [1.54, 1.807) is 12.1 Å². The molecular weight excluding hydrogens is 384 g/mol. The fourth-order valence-corrected chi connectivity index (χ4v) is 3.85. The van der Waals surface area contributed by atoms with Crippen LogP contribution in [0.25, 0.3) is 22.0 Å². The van der Waals surface area contributed by atoms with Crippen molar-refractivity contribution in [3.8, 4) is 11.5 Å². The quantitative estimate of drug-likeness (QED) is 0.247. The first-order valence-corrected chi connectivity index (χ1v) is 10.9. The van der Waals surface area contributed by atoms with E-state index in [2.05, 4.69) is 54.4 Å². The molecule has 158 valence electrons. The van der Waals surface area contributed by atoms with Gasteiger partial charge in [0, 0.05) is 5.39 Å². The Hall–Kier alpha value is -3.53. The number of rotatable bonds is 8. The highest BCUT2D eigenvalue weighted by Gasteiger charge is 2.14. The molecule has 0 spiro atoms. The summed E-state index contributed by atoms with van der Waals surface area (Å²) in [5.41, 5.74) is 6.79. The maximum atomic E-state index is 9.81. The van der Waals surface area contributed by atoms with E-state index in [9.17, 15) is 5.11 Å². The number of phenolic OH excluding ortho intramolecular Hbond substituents is 1. The summed E-state index contributed by atoms with van der Waals surface area (Å²) in [6, 6.07) is 22.1. The van der Waals surface area contributed by atoms with Gasteiger partial charge in [-0.15, -0.1) is 0 Å². The van der Waals surface area contributed by atoms with E-state index in [1.165, 1.54) is 11.1 Å². The second kappa shape index (κ2) is 9.52. The third-order valence-electron chi connectivity index (χ3n) is 5.51. The van der Waals surface area contributed by atoms with E-state index in [4.69, 9.17) is 4.74 Å². The summed E-state index contributed by atoms with van der Waals surface area (Å²) >= 11 is 0. The minimum atomic E-state index is 0.264. The van der Waals surface area contributed by atoms with Crippen molar-refractivity contribution < 1.29 is 9.84 Å². The Labute approximate surface area is 183 Å². The lowest BCUT2D eigenvalue weighted by Crippen LogP contribution is -1.98. The SMILES string of the molecule is CCCCOc1ccc(/C(=C(/CC)c2ccc3[nH]ncc3c2)c2ccc(O)cc2)cc1. The Morgan fingerprint density at radius 2 is 1.58 bits per heavy atom. The molecule has 1 heterocycles. The molecule has 4 aromatic rings. The van der Waals surface area contributed by atoms with Gasteiger partial charge in [0.1, 0.15) is 11.5 Å². The van der Waals surface area contributed by atoms with Gasteiger partial charge in [0.05, 0.1) is 18.3 Å². The number of aromatic nitrogens is 2. The van der Waals surface area contributed by atoms with Crippen LogP contribution in [0.5, 0.6) is 11.5 Å². The monoisotopic (exact) mass is 412 g/mol. The minimum absolute atomic E-state index is 0.264. The second-order valence-electron chi connectivity index (χ2n) is 7.65. The molecule has 0 saturated carbocycles. The lowest BCUT2D eigenvalue weighted by atomic mass is 9.88. The predicted octanol–water partition coefficient (Wildman–Crippen LogP) is 6.82. The second-order valence-corrected chi connectivity index (χ2v) is 7.65. The number of H-pyrrole nitrogens is 1. The van der Waals surface area contributed by atoms with Gasteiger partial charge in [-0.25, -0.2) is 0 Å². The fourth-order valence-electron chi connectivity index (χ4n) is 3.85. The van der Waals surface area contributed by atoms with Gasteiger partial charge in [-0.2, -0.15) is 5.10 Å². The molecule has 0 aliphatic heterocycles. The number of unbranched alkanes of at least 4 members (excludes halogenated alkanes) is 1. The molecule has 4 rings (SSSR count). The first-order chi connectivity index (χ1) is 15.2. The van der Waals surface area contributed by atoms with E-state index >= 15 is 0 Å². The number of hydrogen-bond acceptors (Lipinski definition) is 3. The molecule has 0 aliphatic rings. The summed E-state index contributed by atoms with van der Waals surface area (Å²) < 4.78 is 5.85. The largest absolute Gasteiger partial charge is 0.508 e. The molecule has 2 N–H and O–H groups in total. The maximum absolute atomic E-state index is 9.81. The number of fused-ring (bicyclic) bond motifs is 1. The van der Waals surface area contributed by atoms with Crippen molar-refractivity contribution in [1.29, 1.82) is 0 Å². The van der Waals surface area contributed by atoms with Crippen LogP contribution in [0.1, 0.15) is 49.8 Å². The molecule has 0 radical (unpaired) electrons. The molecule has 4 nitrogen and oxygen atoms in total. The average Bonchev–Trinajstić information content (AvgIpc) is 3.27. The third kappa shape index (κ3) is 4.64. The number of aromatic hydroxyl groups is 1. The van der Waals surface area contributed by atoms with Crippen LogP contribution < -0.4 is 4.74 Å². The summed E-state index contributed by atoms with van der Waals surface area (Å²) in [5.74, 6) is 1.15. The Balaban J connectivity index is 1.82. The summed E-state index contributed by atoms with van der Waals surface area (Å²) in [5, 5.41) is 18.1.